The number of carbonyl (C=O) groups is 2. The number of hydrogen-bond donors (Lipinski definition) is 3. The van der Waals surface area contributed by atoms with Gasteiger partial charge >= 0.3 is 5.97 Å². The minimum atomic E-state index is -0.787. The van der Waals surface area contributed by atoms with Gasteiger partial charge in [-0.15, -0.1) is 0 Å². The van der Waals surface area contributed by atoms with E-state index in [1.54, 1.807) is 0 Å². The van der Waals surface area contributed by atoms with Gasteiger partial charge in [0.15, 0.2) is 0 Å². The van der Waals surface area contributed by atoms with Gasteiger partial charge in [-0.05, 0) is 44.9 Å². The molecule has 0 spiro atoms. The molecule has 6 nitrogen and oxygen atoms in total. The number of nitrogens with one attached hydrogen (secondary N) is 1. The molecule has 3 atom stereocenters. The van der Waals surface area contributed by atoms with Crippen molar-refractivity contribution in [3.63, 3.8) is 0 Å². The van der Waals surface area contributed by atoms with Crippen molar-refractivity contribution in [1.29, 1.82) is 0 Å². The van der Waals surface area contributed by atoms with Crippen LogP contribution in [0, 0.1) is 0 Å². The fourth-order valence-corrected chi connectivity index (χ4v) is 7.61. The summed E-state index contributed by atoms with van der Waals surface area (Å²) in [5, 5.41) is 23.7. The SMILES string of the molecule is CCCCCCCCC/C=C\CCCC(CC(=O)NC(CO)C(O)CCCCCCCCCCCCC)OC(=O)CCCCCCCCCCCCCCC. The zero-order valence-electron chi connectivity index (χ0n) is 37.1. The van der Waals surface area contributed by atoms with E-state index in [0.29, 0.717) is 19.3 Å². The van der Waals surface area contributed by atoms with Gasteiger partial charge in [-0.25, -0.2) is 0 Å². The van der Waals surface area contributed by atoms with Crippen molar-refractivity contribution in [2.24, 2.45) is 0 Å². The summed E-state index contributed by atoms with van der Waals surface area (Å²) in [5.74, 6) is -0.490. The molecule has 1 amide bonds. The molecule has 0 heterocycles. The fraction of sp³-hybridized carbons (Fsp3) is 0.918. The molecule has 0 saturated heterocycles. The molecule has 3 N–H and O–H groups in total. The van der Waals surface area contributed by atoms with Gasteiger partial charge in [-0.1, -0.05) is 219 Å². The maximum atomic E-state index is 13.1. The van der Waals surface area contributed by atoms with E-state index in [1.807, 2.05) is 0 Å². The van der Waals surface area contributed by atoms with Crippen LogP contribution in [0.15, 0.2) is 12.2 Å². The van der Waals surface area contributed by atoms with E-state index < -0.39 is 18.2 Å². The maximum absolute atomic E-state index is 13.1. The highest BCUT2D eigenvalue weighted by Crippen LogP contribution is 2.17. The lowest BCUT2D eigenvalue weighted by Gasteiger charge is -2.24. The van der Waals surface area contributed by atoms with Crippen molar-refractivity contribution in [2.75, 3.05) is 6.61 Å². The zero-order valence-corrected chi connectivity index (χ0v) is 37.1. The summed E-state index contributed by atoms with van der Waals surface area (Å²) in [6.45, 7) is 6.47. The van der Waals surface area contributed by atoms with Crippen molar-refractivity contribution in [3.8, 4) is 0 Å². The molecule has 0 saturated carbocycles. The molecule has 0 aliphatic rings. The second-order valence-corrected chi connectivity index (χ2v) is 16.9. The summed E-state index contributed by atoms with van der Waals surface area (Å²) < 4.78 is 5.90. The molecule has 55 heavy (non-hydrogen) atoms. The van der Waals surface area contributed by atoms with Gasteiger partial charge in [0.1, 0.15) is 6.10 Å². The highest BCUT2D eigenvalue weighted by molar-refractivity contribution is 5.77. The minimum Gasteiger partial charge on any atom is -0.462 e. The number of aliphatic hydroxyl groups excluding tert-OH is 2. The van der Waals surface area contributed by atoms with Crippen LogP contribution in [-0.4, -0.2) is 46.9 Å². The predicted octanol–water partition coefficient (Wildman–Crippen LogP) is 14.2. The molecule has 0 fully saturated rings. The van der Waals surface area contributed by atoms with Crippen LogP contribution in [0.3, 0.4) is 0 Å². The first-order valence-electron chi connectivity index (χ1n) is 24.4. The highest BCUT2D eigenvalue weighted by atomic mass is 16.5. The van der Waals surface area contributed by atoms with Crippen LogP contribution in [0.25, 0.3) is 0 Å². The number of esters is 1. The van der Waals surface area contributed by atoms with Gasteiger partial charge in [-0.3, -0.25) is 9.59 Å². The quantitative estimate of drug-likeness (QED) is 0.0325. The van der Waals surface area contributed by atoms with Gasteiger partial charge < -0.3 is 20.3 Å². The van der Waals surface area contributed by atoms with Crippen molar-refractivity contribution >= 4 is 11.9 Å². The molecule has 0 aliphatic carbocycles. The Bertz CT molecular complexity index is 832. The number of hydrogen-bond acceptors (Lipinski definition) is 5. The lowest BCUT2D eigenvalue weighted by molar-refractivity contribution is -0.151. The molecule has 0 aromatic carbocycles. The topological polar surface area (TPSA) is 95.9 Å². The third kappa shape index (κ3) is 39.2. The molecule has 0 aliphatic heterocycles. The first-order valence-corrected chi connectivity index (χ1v) is 24.4. The van der Waals surface area contributed by atoms with Crippen LogP contribution in [0.2, 0.25) is 0 Å². The van der Waals surface area contributed by atoms with Gasteiger partial charge in [-0.2, -0.15) is 0 Å². The molecule has 0 bridgehead atoms. The highest BCUT2D eigenvalue weighted by Gasteiger charge is 2.24. The number of aliphatic hydroxyl groups is 2. The van der Waals surface area contributed by atoms with E-state index in [0.717, 1.165) is 51.4 Å². The monoisotopic (exact) mass is 778 g/mol. The third-order valence-electron chi connectivity index (χ3n) is 11.3. The maximum Gasteiger partial charge on any atom is 0.306 e. The first-order chi connectivity index (χ1) is 27.0. The summed E-state index contributed by atoms with van der Waals surface area (Å²) in [6.07, 6.45) is 47.0. The lowest BCUT2D eigenvalue weighted by Crippen LogP contribution is -2.46. The van der Waals surface area contributed by atoms with Crippen LogP contribution in [0.4, 0.5) is 0 Å². The largest absolute Gasteiger partial charge is 0.462 e. The van der Waals surface area contributed by atoms with Crippen LogP contribution in [0.1, 0.15) is 265 Å². The molecule has 0 aromatic rings. The zero-order chi connectivity index (χ0) is 40.3. The van der Waals surface area contributed by atoms with Crippen molar-refractivity contribution < 1.29 is 24.5 Å². The molecule has 3 unspecified atom stereocenters. The normalized spacial score (nSPS) is 13.3. The predicted molar refractivity (Wildman–Crippen MR) is 237 cm³/mol. The Kier molecular flexibility index (Phi) is 42.6. The van der Waals surface area contributed by atoms with E-state index in [4.69, 9.17) is 4.74 Å². The number of allylic oxidation sites excluding steroid dienone is 2. The second kappa shape index (κ2) is 43.7. The minimum absolute atomic E-state index is 0.0632. The summed E-state index contributed by atoms with van der Waals surface area (Å²) in [7, 11) is 0. The number of ether oxygens (including phenoxy) is 1. The summed E-state index contributed by atoms with van der Waals surface area (Å²) in [6, 6.07) is -0.702. The second-order valence-electron chi connectivity index (χ2n) is 16.9. The lowest BCUT2D eigenvalue weighted by atomic mass is 10.0. The van der Waals surface area contributed by atoms with Crippen LogP contribution in [0.5, 0.6) is 0 Å². The number of carbonyl (C=O) groups excluding carboxylic acids is 2. The van der Waals surface area contributed by atoms with E-state index >= 15 is 0 Å². The first kappa shape index (κ1) is 53.6. The number of unbranched alkanes of at least 4 members (excludes halogenated alkanes) is 30. The third-order valence-corrected chi connectivity index (χ3v) is 11.3. The molecule has 6 heteroatoms. The van der Waals surface area contributed by atoms with E-state index in [9.17, 15) is 19.8 Å². The van der Waals surface area contributed by atoms with Crippen molar-refractivity contribution in [3.05, 3.63) is 12.2 Å². The van der Waals surface area contributed by atoms with Gasteiger partial charge in [0.05, 0.1) is 25.2 Å². The number of rotatable bonds is 44. The van der Waals surface area contributed by atoms with Crippen LogP contribution < -0.4 is 5.32 Å². The Hall–Kier alpha value is -1.40. The fourth-order valence-electron chi connectivity index (χ4n) is 7.61. The van der Waals surface area contributed by atoms with E-state index in [2.05, 4.69) is 38.2 Å². The Balaban J connectivity index is 4.58. The Morgan fingerprint density at radius 3 is 1.33 bits per heavy atom. The number of amides is 1. The summed E-state index contributed by atoms with van der Waals surface area (Å²) in [5.41, 5.74) is 0. The molecule has 0 radical (unpaired) electrons. The van der Waals surface area contributed by atoms with Crippen molar-refractivity contribution in [2.45, 2.75) is 283 Å². The van der Waals surface area contributed by atoms with Crippen molar-refractivity contribution in [1.82, 2.24) is 5.32 Å². The molecule has 0 rings (SSSR count). The Morgan fingerprint density at radius 1 is 0.509 bits per heavy atom. The molecule has 0 aromatic heterocycles. The Morgan fingerprint density at radius 2 is 0.891 bits per heavy atom. The summed E-state index contributed by atoms with van der Waals surface area (Å²) in [4.78, 5) is 26.0. The average Bonchev–Trinajstić information content (AvgIpc) is 3.18. The van der Waals surface area contributed by atoms with Gasteiger partial charge in [0.2, 0.25) is 5.91 Å². The van der Waals surface area contributed by atoms with E-state index in [1.165, 1.54) is 167 Å². The molecule has 326 valence electrons. The van der Waals surface area contributed by atoms with Crippen LogP contribution in [-0.2, 0) is 14.3 Å². The standard InChI is InChI=1S/C49H95NO5/c1-4-7-10-13-16-19-22-24-27-30-33-36-39-42-49(54)55-45(40-37-34-31-28-26-23-20-17-14-11-8-5-2)43-48(53)50-46(44-51)47(52)41-38-35-32-29-25-21-18-15-12-9-6-3/h28,31,45-47,51-52H,4-27,29-30,32-44H2,1-3H3,(H,50,53)/b31-28-. The Labute approximate surface area is 342 Å². The van der Waals surface area contributed by atoms with E-state index in [-0.39, 0.29) is 24.9 Å². The van der Waals surface area contributed by atoms with Gasteiger partial charge in [0.25, 0.3) is 0 Å². The molecular weight excluding hydrogens is 683 g/mol. The van der Waals surface area contributed by atoms with Gasteiger partial charge in [0, 0.05) is 6.42 Å². The smallest absolute Gasteiger partial charge is 0.306 e. The van der Waals surface area contributed by atoms with Crippen LogP contribution >= 0.6 is 0 Å². The summed E-state index contributed by atoms with van der Waals surface area (Å²) >= 11 is 0. The average molecular weight is 778 g/mol. The molecular formula is C49H95NO5.